The molecule has 128 valence electrons. The predicted molar refractivity (Wildman–Crippen MR) is 83.9 cm³/mol. The van der Waals surface area contributed by atoms with Gasteiger partial charge in [0.1, 0.15) is 0 Å². The van der Waals surface area contributed by atoms with Crippen molar-refractivity contribution < 1.29 is 22.5 Å². The van der Waals surface area contributed by atoms with Gasteiger partial charge in [0, 0.05) is 17.5 Å². The molecule has 1 aromatic heterocycles. The van der Waals surface area contributed by atoms with Crippen molar-refractivity contribution in [2.24, 2.45) is 0 Å². The van der Waals surface area contributed by atoms with Gasteiger partial charge in [0.25, 0.3) is 0 Å². The molecule has 0 spiro atoms. The summed E-state index contributed by atoms with van der Waals surface area (Å²) in [6, 6.07) is 13.8. The van der Waals surface area contributed by atoms with E-state index in [0.29, 0.717) is 11.1 Å². The maximum absolute atomic E-state index is 12.5. The molecule has 0 saturated carbocycles. The van der Waals surface area contributed by atoms with Gasteiger partial charge in [-0.2, -0.15) is 18.2 Å². The van der Waals surface area contributed by atoms with Crippen molar-refractivity contribution in [2.75, 3.05) is 0 Å². The fraction of sp³-hybridized carbons (Fsp3) is 0.167. The van der Waals surface area contributed by atoms with Crippen molar-refractivity contribution >= 4 is 5.78 Å². The van der Waals surface area contributed by atoms with Gasteiger partial charge in [0.05, 0.1) is 0 Å². The SMILES string of the molecule is Cc1cc(-c2noc(C(F)(F)F)n2)ccc1CC(=O)c1ccccc1. The van der Waals surface area contributed by atoms with Crippen molar-refractivity contribution in [1.82, 2.24) is 10.1 Å². The van der Waals surface area contributed by atoms with Crippen molar-refractivity contribution in [1.29, 1.82) is 0 Å². The molecular weight excluding hydrogens is 333 g/mol. The Labute approximate surface area is 141 Å². The minimum atomic E-state index is -4.68. The molecule has 0 fully saturated rings. The molecule has 2 aromatic carbocycles. The average Bonchev–Trinajstić information content (AvgIpc) is 3.08. The molecule has 0 aliphatic rings. The highest BCUT2D eigenvalue weighted by atomic mass is 19.4. The lowest BCUT2D eigenvalue weighted by Crippen LogP contribution is -2.05. The van der Waals surface area contributed by atoms with E-state index >= 15 is 0 Å². The van der Waals surface area contributed by atoms with Crippen LogP contribution in [-0.4, -0.2) is 15.9 Å². The Morgan fingerprint density at radius 3 is 2.44 bits per heavy atom. The van der Waals surface area contributed by atoms with E-state index in [1.54, 1.807) is 49.4 Å². The van der Waals surface area contributed by atoms with E-state index in [4.69, 9.17) is 0 Å². The summed E-state index contributed by atoms with van der Waals surface area (Å²) in [5, 5.41) is 3.36. The number of ketones is 1. The van der Waals surface area contributed by atoms with Gasteiger partial charge in [-0.05, 0) is 24.1 Å². The third-order valence-electron chi connectivity index (χ3n) is 3.72. The summed E-state index contributed by atoms with van der Waals surface area (Å²) in [6.45, 7) is 1.78. The van der Waals surface area contributed by atoms with Crippen LogP contribution in [-0.2, 0) is 12.6 Å². The first-order valence-electron chi connectivity index (χ1n) is 7.43. The molecule has 4 nitrogen and oxygen atoms in total. The van der Waals surface area contributed by atoms with E-state index in [1.807, 2.05) is 6.07 Å². The van der Waals surface area contributed by atoms with Crippen LogP contribution in [0.1, 0.15) is 27.4 Å². The smallest absolute Gasteiger partial charge is 0.329 e. The first kappa shape index (κ1) is 16.9. The van der Waals surface area contributed by atoms with E-state index in [2.05, 4.69) is 14.7 Å². The van der Waals surface area contributed by atoms with Crippen molar-refractivity contribution in [3.05, 3.63) is 71.1 Å². The minimum Gasteiger partial charge on any atom is -0.329 e. The number of rotatable bonds is 4. The normalized spacial score (nSPS) is 11.5. The van der Waals surface area contributed by atoms with Crippen LogP contribution in [0.4, 0.5) is 13.2 Å². The summed E-state index contributed by atoms with van der Waals surface area (Å²) < 4.78 is 41.8. The second-order valence-corrected chi connectivity index (χ2v) is 5.53. The van der Waals surface area contributed by atoms with Crippen molar-refractivity contribution in [2.45, 2.75) is 19.5 Å². The lowest BCUT2D eigenvalue weighted by atomic mass is 9.97. The molecule has 0 aliphatic heterocycles. The third kappa shape index (κ3) is 3.76. The monoisotopic (exact) mass is 346 g/mol. The zero-order valence-electron chi connectivity index (χ0n) is 13.2. The molecule has 0 saturated heterocycles. The molecule has 0 atom stereocenters. The molecule has 0 aliphatic carbocycles. The largest absolute Gasteiger partial charge is 0.471 e. The number of Topliss-reactive ketones (excluding diaryl/α,β-unsaturated/α-hetero) is 1. The lowest BCUT2D eigenvalue weighted by molar-refractivity contribution is -0.159. The average molecular weight is 346 g/mol. The quantitative estimate of drug-likeness (QED) is 0.653. The Morgan fingerprint density at radius 1 is 1.12 bits per heavy atom. The van der Waals surface area contributed by atoms with Gasteiger partial charge in [-0.3, -0.25) is 4.79 Å². The first-order chi connectivity index (χ1) is 11.8. The first-order valence-corrected chi connectivity index (χ1v) is 7.43. The lowest BCUT2D eigenvalue weighted by Gasteiger charge is -2.07. The van der Waals surface area contributed by atoms with Crippen LogP contribution in [0.15, 0.2) is 53.1 Å². The van der Waals surface area contributed by atoms with Crippen LogP contribution in [0.25, 0.3) is 11.4 Å². The highest BCUT2D eigenvalue weighted by molar-refractivity contribution is 5.97. The maximum Gasteiger partial charge on any atom is 0.471 e. The van der Waals surface area contributed by atoms with Crippen LogP contribution >= 0.6 is 0 Å². The predicted octanol–water partition coefficient (Wildman–Crippen LogP) is 4.49. The Bertz CT molecular complexity index is 902. The summed E-state index contributed by atoms with van der Waals surface area (Å²) in [5.41, 5.74) is 2.56. The number of benzene rings is 2. The molecule has 25 heavy (non-hydrogen) atoms. The maximum atomic E-state index is 12.5. The number of hydrogen-bond donors (Lipinski definition) is 0. The fourth-order valence-electron chi connectivity index (χ4n) is 2.39. The van der Waals surface area contributed by atoms with Crippen LogP contribution in [0, 0.1) is 6.92 Å². The van der Waals surface area contributed by atoms with Crippen molar-refractivity contribution in [3.63, 3.8) is 0 Å². The number of aromatic nitrogens is 2. The van der Waals surface area contributed by atoms with Gasteiger partial charge in [-0.25, -0.2) is 0 Å². The molecule has 0 amide bonds. The van der Waals surface area contributed by atoms with E-state index < -0.39 is 12.1 Å². The Morgan fingerprint density at radius 2 is 1.84 bits per heavy atom. The van der Waals surface area contributed by atoms with E-state index in [-0.39, 0.29) is 18.0 Å². The Balaban J connectivity index is 1.81. The number of alkyl halides is 3. The summed E-state index contributed by atoms with van der Waals surface area (Å²) in [4.78, 5) is 15.6. The summed E-state index contributed by atoms with van der Waals surface area (Å²) in [6.07, 6.45) is -4.47. The van der Waals surface area contributed by atoms with Crippen LogP contribution < -0.4 is 0 Å². The second-order valence-electron chi connectivity index (χ2n) is 5.53. The molecular formula is C18H13F3N2O2. The summed E-state index contributed by atoms with van der Waals surface area (Å²) in [7, 11) is 0. The van der Waals surface area contributed by atoms with E-state index in [9.17, 15) is 18.0 Å². The molecule has 3 aromatic rings. The van der Waals surface area contributed by atoms with Gasteiger partial charge >= 0.3 is 12.1 Å². The van der Waals surface area contributed by atoms with Gasteiger partial charge < -0.3 is 4.52 Å². The van der Waals surface area contributed by atoms with Crippen LogP contribution in [0.2, 0.25) is 0 Å². The molecule has 0 bridgehead atoms. The third-order valence-corrected chi connectivity index (χ3v) is 3.72. The highest BCUT2D eigenvalue weighted by Gasteiger charge is 2.38. The fourth-order valence-corrected chi connectivity index (χ4v) is 2.39. The Kier molecular flexibility index (Phi) is 4.39. The highest BCUT2D eigenvalue weighted by Crippen LogP contribution is 2.29. The molecule has 1 heterocycles. The molecule has 7 heteroatoms. The zero-order chi connectivity index (χ0) is 18.0. The number of nitrogens with zero attached hydrogens (tertiary/aromatic N) is 2. The number of carbonyl (C=O) groups is 1. The van der Waals surface area contributed by atoms with E-state index in [1.165, 1.54) is 0 Å². The molecule has 0 radical (unpaired) electrons. The second kappa shape index (κ2) is 6.51. The topological polar surface area (TPSA) is 56.0 Å². The molecule has 0 N–H and O–H groups in total. The Hall–Kier alpha value is -2.96. The minimum absolute atomic E-state index is 0.0321. The molecule has 3 rings (SSSR count). The number of aryl methyl sites for hydroxylation is 1. The standard InChI is InChI=1S/C18H13F3N2O2/c1-11-9-14(16-22-17(25-23-16)18(19,20)21)8-7-13(11)10-15(24)12-5-3-2-4-6-12/h2-9H,10H2,1H3. The number of halogens is 3. The van der Waals surface area contributed by atoms with Gasteiger partial charge in [-0.1, -0.05) is 47.6 Å². The number of hydrogen-bond acceptors (Lipinski definition) is 4. The van der Waals surface area contributed by atoms with Gasteiger partial charge in [0.2, 0.25) is 5.82 Å². The van der Waals surface area contributed by atoms with Gasteiger partial charge in [-0.15, -0.1) is 0 Å². The summed E-state index contributed by atoms with van der Waals surface area (Å²) >= 11 is 0. The molecule has 0 unspecified atom stereocenters. The number of carbonyl (C=O) groups excluding carboxylic acids is 1. The zero-order valence-corrected chi connectivity index (χ0v) is 13.2. The summed E-state index contributed by atoms with van der Waals surface area (Å²) in [5.74, 6) is -1.56. The van der Waals surface area contributed by atoms with Gasteiger partial charge in [0.15, 0.2) is 5.78 Å². The van der Waals surface area contributed by atoms with Crippen LogP contribution in [0.5, 0.6) is 0 Å². The van der Waals surface area contributed by atoms with E-state index in [0.717, 1.165) is 11.1 Å². The van der Waals surface area contributed by atoms with Crippen molar-refractivity contribution in [3.8, 4) is 11.4 Å². The van der Waals surface area contributed by atoms with Crippen LogP contribution in [0.3, 0.4) is 0 Å².